The van der Waals surface area contributed by atoms with Crippen molar-refractivity contribution in [3.8, 4) is 0 Å². The quantitative estimate of drug-likeness (QED) is 0.812. The summed E-state index contributed by atoms with van der Waals surface area (Å²) in [5.74, 6) is 1.80. The molecule has 16 heavy (non-hydrogen) atoms. The van der Waals surface area contributed by atoms with Gasteiger partial charge in [-0.05, 0) is 38.3 Å². The van der Waals surface area contributed by atoms with Gasteiger partial charge < -0.3 is 9.84 Å². The number of hydrogen-bond acceptors (Lipinski definition) is 4. The standard InChI is InChI=1S/C12H19N3O/c1-2-11(1)13-7-10-4-6-15(8-10)9-12-3-5-14-16-12/h3,5,10-11,13H,1-2,4,6-9H2. The fourth-order valence-electron chi connectivity index (χ4n) is 2.39. The Bertz CT molecular complexity index is 321. The zero-order valence-electron chi connectivity index (χ0n) is 9.56. The van der Waals surface area contributed by atoms with Crippen LogP contribution in [0.4, 0.5) is 0 Å². The van der Waals surface area contributed by atoms with Gasteiger partial charge in [0.05, 0.1) is 12.7 Å². The number of aromatic nitrogens is 1. The highest BCUT2D eigenvalue weighted by Crippen LogP contribution is 2.22. The van der Waals surface area contributed by atoms with E-state index in [4.69, 9.17) is 4.52 Å². The van der Waals surface area contributed by atoms with Crippen LogP contribution in [0.3, 0.4) is 0 Å². The van der Waals surface area contributed by atoms with Crippen molar-refractivity contribution in [3.05, 3.63) is 18.0 Å². The van der Waals surface area contributed by atoms with Gasteiger partial charge in [0, 0.05) is 18.7 Å². The van der Waals surface area contributed by atoms with Gasteiger partial charge >= 0.3 is 0 Å². The average molecular weight is 221 g/mol. The average Bonchev–Trinajstić information content (AvgIpc) is 2.78. The molecule has 0 radical (unpaired) electrons. The van der Waals surface area contributed by atoms with Crippen molar-refractivity contribution >= 4 is 0 Å². The molecule has 1 aromatic rings. The second-order valence-electron chi connectivity index (χ2n) is 5.05. The molecule has 0 amide bonds. The molecule has 1 saturated heterocycles. The van der Waals surface area contributed by atoms with Gasteiger partial charge in [0.1, 0.15) is 0 Å². The summed E-state index contributed by atoms with van der Waals surface area (Å²) < 4.78 is 5.13. The number of hydrogen-bond donors (Lipinski definition) is 1. The molecule has 4 heteroatoms. The minimum Gasteiger partial charge on any atom is -0.360 e. The maximum Gasteiger partial charge on any atom is 0.150 e. The van der Waals surface area contributed by atoms with E-state index < -0.39 is 0 Å². The molecule has 2 heterocycles. The maximum atomic E-state index is 5.13. The van der Waals surface area contributed by atoms with Crippen LogP contribution in [0, 0.1) is 5.92 Å². The Labute approximate surface area is 96.0 Å². The van der Waals surface area contributed by atoms with E-state index in [1.807, 2.05) is 6.07 Å². The van der Waals surface area contributed by atoms with Gasteiger partial charge in [-0.1, -0.05) is 5.16 Å². The van der Waals surface area contributed by atoms with E-state index >= 15 is 0 Å². The van der Waals surface area contributed by atoms with Gasteiger partial charge in [-0.15, -0.1) is 0 Å². The van der Waals surface area contributed by atoms with Crippen molar-refractivity contribution in [2.45, 2.75) is 31.8 Å². The maximum absolute atomic E-state index is 5.13. The van der Waals surface area contributed by atoms with Gasteiger partial charge in [-0.3, -0.25) is 4.90 Å². The Morgan fingerprint density at radius 3 is 3.12 bits per heavy atom. The topological polar surface area (TPSA) is 41.3 Å². The summed E-state index contributed by atoms with van der Waals surface area (Å²) in [6.07, 6.45) is 5.80. The Balaban J connectivity index is 1.41. The largest absolute Gasteiger partial charge is 0.360 e. The van der Waals surface area contributed by atoms with Crippen molar-refractivity contribution in [2.24, 2.45) is 5.92 Å². The van der Waals surface area contributed by atoms with E-state index in [2.05, 4.69) is 15.4 Å². The van der Waals surface area contributed by atoms with Crippen LogP contribution in [0.25, 0.3) is 0 Å². The monoisotopic (exact) mass is 221 g/mol. The summed E-state index contributed by atoms with van der Waals surface area (Å²) >= 11 is 0. The van der Waals surface area contributed by atoms with E-state index in [0.717, 1.165) is 24.3 Å². The lowest BCUT2D eigenvalue weighted by molar-refractivity contribution is 0.265. The molecule has 3 rings (SSSR count). The van der Waals surface area contributed by atoms with Crippen LogP contribution in [0.2, 0.25) is 0 Å². The van der Waals surface area contributed by atoms with Crippen molar-refractivity contribution in [3.63, 3.8) is 0 Å². The van der Waals surface area contributed by atoms with E-state index in [1.165, 1.54) is 38.9 Å². The van der Waals surface area contributed by atoms with Gasteiger partial charge in [0.25, 0.3) is 0 Å². The minimum absolute atomic E-state index is 0.823. The summed E-state index contributed by atoms with van der Waals surface area (Å²) in [6.45, 7) is 4.50. The summed E-state index contributed by atoms with van der Waals surface area (Å²) in [4.78, 5) is 2.46. The van der Waals surface area contributed by atoms with E-state index in [0.29, 0.717) is 0 Å². The Hall–Kier alpha value is -0.870. The molecule has 1 aliphatic carbocycles. The Kier molecular flexibility index (Phi) is 2.93. The number of likely N-dealkylation sites (tertiary alicyclic amines) is 1. The number of nitrogens with zero attached hydrogens (tertiary/aromatic N) is 2. The van der Waals surface area contributed by atoms with Crippen molar-refractivity contribution in [1.29, 1.82) is 0 Å². The van der Waals surface area contributed by atoms with Crippen LogP contribution in [0.5, 0.6) is 0 Å². The molecule has 1 aliphatic heterocycles. The first-order valence-electron chi connectivity index (χ1n) is 6.25. The number of rotatable bonds is 5. The smallest absolute Gasteiger partial charge is 0.150 e. The summed E-state index contributed by atoms with van der Waals surface area (Å²) in [6, 6.07) is 2.79. The first-order chi connectivity index (χ1) is 7.90. The third-order valence-corrected chi connectivity index (χ3v) is 3.51. The summed E-state index contributed by atoms with van der Waals surface area (Å²) in [7, 11) is 0. The summed E-state index contributed by atoms with van der Waals surface area (Å²) in [5, 5.41) is 7.35. The molecule has 1 atom stereocenters. The van der Waals surface area contributed by atoms with Crippen LogP contribution in [-0.2, 0) is 6.54 Å². The lowest BCUT2D eigenvalue weighted by Crippen LogP contribution is -2.27. The molecule has 2 aliphatic rings. The molecule has 88 valence electrons. The van der Waals surface area contributed by atoms with Gasteiger partial charge in [0.2, 0.25) is 0 Å². The molecule has 0 spiro atoms. The fraction of sp³-hybridized carbons (Fsp3) is 0.750. The highest BCUT2D eigenvalue weighted by molar-refractivity contribution is 4.94. The van der Waals surface area contributed by atoms with Gasteiger partial charge in [0.15, 0.2) is 5.76 Å². The van der Waals surface area contributed by atoms with Crippen molar-refractivity contribution < 1.29 is 4.52 Å². The highest BCUT2D eigenvalue weighted by Gasteiger charge is 2.26. The van der Waals surface area contributed by atoms with E-state index in [-0.39, 0.29) is 0 Å². The minimum atomic E-state index is 0.823. The predicted molar refractivity (Wildman–Crippen MR) is 60.9 cm³/mol. The summed E-state index contributed by atoms with van der Waals surface area (Å²) in [5.41, 5.74) is 0. The first kappa shape index (κ1) is 10.3. The zero-order chi connectivity index (χ0) is 10.8. The first-order valence-corrected chi connectivity index (χ1v) is 6.25. The second kappa shape index (κ2) is 4.55. The molecule has 1 unspecified atom stereocenters. The molecular weight excluding hydrogens is 202 g/mol. The molecular formula is C12H19N3O. The van der Waals surface area contributed by atoms with Crippen molar-refractivity contribution in [2.75, 3.05) is 19.6 Å². The third kappa shape index (κ3) is 2.62. The lowest BCUT2D eigenvalue weighted by Gasteiger charge is -2.14. The van der Waals surface area contributed by atoms with Gasteiger partial charge in [-0.2, -0.15) is 0 Å². The fourth-order valence-corrected chi connectivity index (χ4v) is 2.39. The normalized spacial score (nSPS) is 26.4. The van der Waals surface area contributed by atoms with E-state index in [1.54, 1.807) is 6.20 Å². The molecule has 1 saturated carbocycles. The molecule has 4 nitrogen and oxygen atoms in total. The molecule has 0 aromatic carbocycles. The highest BCUT2D eigenvalue weighted by atomic mass is 16.5. The second-order valence-corrected chi connectivity index (χ2v) is 5.05. The third-order valence-electron chi connectivity index (χ3n) is 3.51. The molecule has 2 fully saturated rings. The van der Waals surface area contributed by atoms with Crippen LogP contribution in [-0.4, -0.2) is 35.7 Å². The SMILES string of the molecule is c1cc(CN2CCC(CNC3CC3)C2)on1. The molecule has 1 aromatic heterocycles. The molecule has 1 N–H and O–H groups in total. The predicted octanol–water partition coefficient (Wildman–Crippen LogP) is 1.25. The van der Waals surface area contributed by atoms with Crippen LogP contribution in [0.15, 0.2) is 16.8 Å². The van der Waals surface area contributed by atoms with Crippen molar-refractivity contribution in [1.82, 2.24) is 15.4 Å². The van der Waals surface area contributed by atoms with Crippen LogP contribution >= 0.6 is 0 Å². The zero-order valence-corrected chi connectivity index (χ0v) is 9.56. The van der Waals surface area contributed by atoms with E-state index in [9.17, 15) is 0 Å². The van der Waals surface area contributed by atoms with Crippen LogP contribution in [0.1, 0.15) is 25.0 Å². The van der Waals surface area contributed by atoms with Gasteiger partial charge in [-0.25, -0.2) is 0 Å². The molecule has 0 bridgehead atoms. The Morgan fingerprint density at radius 2 is 2.38 bits per heavy atom. The van der Waals surface area contributed by atoms with Crippen LogP contribution < -0.4 is 5.32 Å². The number of nitrogens with one attached hydrogen (secondary N) is 1. The Morgan fingerprint density at radius 1 is 1.44 bits per heavy atom. The lowest BCUT2D eigenvalue weighted by atomic mass is 10.1.